The Morgan fingerprint density at radius 2 is 1.96 bits per heavy atom. The number of hydrogen-bond acceptors (Lipinski definition) is 8. The third kappa shape index (κ3) is 4.28. The van der Waals surface area contributed by atoms with Crippen molar-refractivity contribution in [2.24, 2.45) is 10.9 Å². The number of hydrogen-bond donors (Lipinski definition) is 0. The number of rotatable bonds is 6. The molecular weight excluding hydrogens is 384 g/mol. The number of benzene rings is 1. The van der Waals surface area contributed by atoms with Gasteiger partial charge in [-0.25, -0.2) is 14.6 Å². The lowest BCUT2D eigenvalue weighted by Gasteiger charge is -2.24. The number of thioether (sulfide) groups is 1. The quantitative estimate of drug-likeness (QED) is 0.534. The molecule has 1 aromatic heterocycles. The molecule has 1 aliphatic heterocycles. The van der Waals surface area contributed by atoms with E-state index in [1.165, 1.54) is 25.9 Å². The molecule has 1 aromatic carbocycles. The molecule has 3 amide bonds. The first-order chi connectivity index (χ1) is 13.4. The average molecular weight is 402 g/mol. The average Bonchev–Trinajstić information content (AvgIpc) is 3.15. The maximum absolute atomic E-state index is 12.3. The van der Waals surface area contributed by atoms with Crippen molar-refractivity contribution in [3.05, 3.63) is 41.3 Å². The van der Waals surface area contributed by atoms with Crippen molar-refractivity contribution in [3.63, 3.8) is 0 Å². The highest BCUT2D eigenvalue weighted by Gasteiger charge is 2.34. The van der Waals surface area contributed by atoms with E-state index in [0.29, 0.717) is 28.1 Å². The lowest BCUT2D eigenvalue weighted by Crippen LogP contribution is -2.44. The van der Waals surface area contributed by atoms with E-state index in [9.17, 15) is 14.4 Å². The Balaban J connectivity index is 1.60. The first-order valence-corrected chi connectivity index (χ1v) is 9.36. The number of amides is 3. The molecule has 2 heterocycles. The maximum atomic E-state index is 12.3. The Labute approximate surface area is 165 Å². The molecule has 2 aromatic rings. The number of carbonyl (C=O) groups is 3. The van der Waals surface area contributed by atoms with Crippen LogP contribution in [-0.2, 0) is 21.7 Å². The summed E-state index contributed by atoms with van der Waals surface area (Å²) in [5.74, 6) is -0.436. The fraction of sp³-hybridized carbons (Fsp3) is 0.333. The number of aromatic nitrogens is 2. The number of urea groups is 1. The van der Waals surface area contributed by atoms with Crippen LogP contribution < -0.4 is 0 Å². The second-order valence-electron chi connectivity index (χ2n) is 6.13. The minimum atomic E-state index is -0.591. The maximum Gasteiger partial charge on any atom is 0.349 e. The van der Waals surface area contributed by atoms with Crippen LogP contribution in [0.2, 0.25) is 0 Å². The third-order valence-corrected chi connectivity index (χ3v) is 5.15. The number of ether oxygens (including phenoxy) is 1. The second kappa shape index (κ2) is 8.34. The number of aliphatic imine (C=N–C) groups is 1. The number of esters is 1. The first-order valence-electron chi connectivity index (χ1n) is 8.38. The molecule has 146 valence electrons. The predicted molar refractivity (Wildman–Crippen MR) is 100 cm³/mol. The summed E-state index contributed by atoms with van der Waals surface area (Å²) in [6.45, 7) is 1.64. The van der Waals surface area contributed by atoms with E-state index in [-0.39, 0.29) is 18.3 Å². The van der Waals surface area contributed by atoms with Gasteiger partial charge >= 0.3 is 12.0 Å². The van der Waals surface area contributed by atoms with Crippen LogP contribution >= 0.6 is 11.8 Å². The number of carbonyl (C=O) groups excluding carboxylic acids is 3. The molecule has 0 saturated heterocycles. The van der Waals surface area contributed by atoms with Crippen LogP contribution in [-0.4, -0.2) is 52.9 Å². The summed E-state index contributed by atoms with van der Waals surface area (Å²) in [5.41, 5.74) is 1.89. The smallest absolute Gasteiger partial charge is 0.349 e. The zero-order valence-electron chi connectivity index (χ0n) is 15.5. The van der Waals surface area contributed by atoms with Gasteiger partial charge in [0.15, 0.2) is 0 Å². The van der Waals surface area contributed by atoms with Crippen LogP contribution in [0.1, 0.15) is 28.7 Å². The molecule has 0 radical (unpaired) electrons. The van der Waals surface area contributed by atoms with Crippen LogP contribution in [0.25, 0.3) is 0 Å². The molecule has 1 aliphatic rings. The van der Waals surface area contributed by atoms with Crippen molar-refractivity contribution in [2.75, 3.05) is 14.2 Å². The minimum absolute atomic E-state index is 0.188. The van der Waals surface area contributed by atoms with Crippen molar-refractivity contribution in [3.8, 4) is 0 Å². The summed E-state index contributed by atoms with van der Waals surface area (Å²) in [4.78, 5) is 40.1. The van der Waals surface area contributed by atoms with Crippen molar-refractivity contribution in [1.29, 1.82) is 0 Å². The van der Waals surface area contributed by atoms with Gasteiger partial charge < -0.3 is 9.15 Å². The van der Waals surface area contributed by atoms with E-state index < -0.39 is 11.9 Å². The Bertz CT molecular complexity index is 938. The third-order valence-electron chi connectivity index (χ3n) is 4.26. The van der Waals surface area contributed by atoms with Crippen molar-refractivity contribution in [2.45, 2.75) is 24.3 Å². The molecule has 1 unspecified atom stereocenters. The zero-order valence-corrected chi connectivity index (χ0v) is 16.4. The van der Waals surface area contributed by atoms with Gasteiger partial charge in [-0.15, -0.1) is 10.2 Å². The molecule has 0 aliphatic carbocycles. The summed E-state index contributed by atoms with van der Waals surface area (Å²) in [6, 6.07) is 6.46. The molecular formula is C18H18N4O5S. The Morgan fingerprint density at radius 3 is 2.64 bits per heavy atom. The van der Waals surface area contributed by atoms with Crippen LogP contribution in [0.4, 0.5) is 4.79 Å². The standard InChI is InChI=1S/C18H18N4O5S/c1-10-13(15(23)22(2)17(25)19-10)8-14-20-21-18(27-14)28-9-11-4-6-12(7-5-11)16(24)26-3/h4-7,13H,8-9H2,1-3H3. The molecule has 10 heteroatoms. The van der Waals surface area contributed by atoms with E-state index in [1.54, 1.807) is 19.1 Å². The van der Waals surface area contributed by atoms with Crippen LogP contribution in [0.15, 0.2) is 38.9 Å². The molecule has 3 rings (SSSR count). The van der Waals surface area contributed by atoms with E-state index in [2.05, 4.69) is 19.9 Å². The summed E-state index contributed by atoms with van der Waals surface area (Å²) in [6.07, 6.45) is 0.188. The SMILES string of the molecule is COC(=O)c1ccc(CSc2nnc(CC3C(=O)N(C)C(=O)N=C3C)o2)cc1. The highest BCUT2D eigenvalue weighted by Crippen LogP contribution is 2.24. The van der Waals surface area contributed by atoms with Gasteiger partial charge in [-0.3, -0.25) is 9.69 Å². The molecule has 0 saturated carbocycles. The first kappa shape index (κ1) is 19.7. The molecule has 0 N–H and O–H groups in total. The van der Waals surface area contributed by atoms with Gasteiger partial charge in [-0.2, -0.15) is 0 Å². The van der Waals surface area contributed by atoms with Crippen molar-refractivity contribution >= 4 is 35.4 Å². The van der Waals surface area contributed by atoms with Gasteiger partial charge in [0.2, 0.25) is 11.8 Å². The molecule has 9 nitrogen and oxygen atoms in total. The number of imide groups is 1. The second-order valence-corrected chi connectivity index (χ2v) is 7.06. The summed E-state index contributed by atoms with van der Waals surface area (Å²) in [7, 11) is 2.73. The molecule has 0 fully saturated rings. The van der Waals surface area contributed by atoms with Gasteiger partial charge in [-0.1, -0.05) is 23.9 Å². The van der Waals surface area contributed by atoms with E-state index in [0.717, 1.165) is 10.5 Å². The predicted octanol–water partition coefficient (Wildman–Crippen LogP) is 2.36. The monoisotopic (exact) mass is 402 g/mol. The zero-order chi connectivity index (χ0) is 20.3. The van der Waals surface area contributed by atoms with Crippen molar-refractivity contribution in [1.82, 2.24) is 15.1 Å². The lowest BCUT2D eigenvalue weighted by molar-refractivity contribution is -0.129. The van der Waals surface area contributed by atoms with Gasteiger partial charge in [0.1, 0.15) is 0 Å². The fourth-order valence-electron chi connectivity index (χ4n) is 2.60. The molecule has 0 bridgehead atoms. The van der Waals surface area contributed by atoms with Gasteiger partial charge in [0.25, 0.3) is 5.22 Å². The molecule has 0 spiro atoms. The Kier molecular flexibility index (Phi) is 5.88. The Morgan fingerprint density at radius 1 is 1.25 bits per heavy atom. The van der Waals surface area contributed by atoms with E-state index >= 15 is 0 Å². The topological polar surface area (TPSA) is 115 Å². The fourth-order valence-corrected chi connectivity index (χ4v) is 3.34. The number of nitrogens with zero attached hydrogens (tertiary/aromatic N) is 4. The molecule has 1 atom stereocenters. The Hall–Kier alpha value is -3.01. The highest BCUT2D eigenvalue weighted by atomic mass is 32.2. The molecule has 28 heavy (non-hydrogen) atoms. The minimum Gasteiger partial charge on any atom is -0.465 e. The van der Waals surface area contributed by atoms with Gasteiger partial charge in [0.05, 0.1) is 18.6 Å². The van der Waals surface area contributed by atoms with E-state index in [4.69, 9.17) is 4.42 Å². The van der Waals surface area contributed by atoms with Gasteiger partial charge in [-0.05, 0) is 24.6 Å². The van der Waals surface area contributed by atoms with Gasteiger partial charge in [0, 0.05) is 24.9 Å². The number of methoxy groups -OCH3 is 1. The summed E-state index contributed by atoms with van der Waals surface area (Å²) in [5, 5.41) is 8.32. The van der Waals surface area contributed by atoms with E-state index in [1.807, 2.05) is 12.1 Å². The summed E-state index contributed by atoms with van der Waals surface area (Å²) >= 11 is 1.34. The highest BCUT2D eigenvalue weighted by molar-refractivity contribution is 7.98. The normalized spacial score (nSPS) is 16.9. The van der Waals surface area contributed by atoms with Crippen LogP contribution in [0, 0.1) is 5.92 Å². The summed E-state index contributed by atoms with van der Waals surface area (Å²) < 4.78 is 10.3. The van der Waals surface area contributed by atoms with Crippen molar-refractivity contribution < 1.29 is 23.5 Å². The van der Waals surface area contributed by atoms with Crippen LogP contribution in [0.5, 0.6) is 0 Å². The largest absolute Gasteiger partial charge is 0.465 e. The van der Waals surface area contributed by atoms with Crippen LogP contribution in [0.3, 0.4) is 0 Å². The lowest BCUT2D eigenvalue weighted by atomic mass is 9.97.